The number of ketones is 1. The van der Waals surface area contributed by atoms with Crippen LogP contribution in [0.4, 0.5) is 0 Å². The number of hydrogen-bond donors (Lipinski definition) is 3. The molecular weight excluding hydrogens is 324 g/mol. The van der Waals surface area contributed by atoms with Gasteiger partial charge in [0.1, 0.15) is 22.1 Å². The van der Waals surface area contributed by atoms with Crippen LogP contribution in [0.2, 0.25) is 0 Å². The van der Waals surface area contributed by atoms with Crippen molar-refractivity contribution in [1.82, 2.24) is 0 Å². The van der Waals surface area contributed by atoms with E-state index in [9.17, 15) is 28.0 Å². The Morgan fingerprint density at radius 3 is 2.17 bits per heavy atom. The average molecular weight is 338 g/mol. The molecule has 0 aliphatic heterocycles. The van der Waals surface area contributed by atoms with Crippen LogP contribution in [0.5, 0.6) is 17.2 Å². The molecular formula is C15H14O7S. The van der Waals surface area contributed by atoms with Crippen molar-refractivity contribution in [3.8, 4) is 17.2 Å². The summed E-state index contributed by atoms with van der Waals surface area (Å²) in [5.41, 5.74) is 0.214. The second kappa shape index (κ2) is 5.90. The largest absolute Gasteiger partial charge is 0.507 e. The molecule has 0 spiro atoms. The van der Waals surface area contributed by atoms with Gasteiger partial charge in [-0.1, -0.05) is 6.07 Å². The molecule has 0 fully saturated rings. The SMILES string of the molecule is COc1cc(O)c(C(=O)c2ccc(C)cc2O)cc1S(=O)(=O)O. The molecule has 0 amide bonds. The third-order valence-electron chi connectivity index (χ3n) is 3.20. The van der Waals surface area contributed by atoms with Crippen molar-refractivity contribution >= 4 is 15.9 Å². The fourth-order valence-corrected chi connectivity index (χ4v) is 2.73. The predicted octanol–water partition coefficient (Wildman–Crippen LogP) is 1.89. The van der Waals surface area contributed by atoms with Crippen molar-refractivity contribution in [3.63, 3.8) is 0 Å². The first-order valence-corrected chi connectivity index (χ1v) is 7.82. The van der Waals surface area contributed by atoms with E-state index in [1.165, 1.54) is 12.1 Å². The maximum atomic E-state index is 12.4. The summed E-state index contributed by atoms with van der Waals surface area (Å²) in [7, 11) is -3.52. The summed E-state index contributed by atoms with van der Waals surface area (Å²) < 4.78 is 36.7. The molecule has 0 aliphatic carbocycles. The molecule has 0 unspecified atom stereocenters. The molecule has 0 saturated carbocycles. The van der Waals surface area contributed by atoms with Crippen molar-refractivity contribution in [2.45, 2.75) is 11.8 Å². The van der Waals surface area contributed by atoms with Gasteiger partial charge in [-0.3, -0.25) is 9.35 Å². The van der Waals surface area contributed by atoms with E-state index in [1.54, 1.807) is 13.0 Å². The van der Waals surface area contributed by atoms with Gasteiger partial charge in [-0.05, 0) is 30.7 Å². The van der Waals surface area contributed by atoms with E-state index >= 15 is 0 Å². The monoisotopic (exact) mass is 338 g/mol. The number of aromatic hydroxyl groups is 2. The Hall–Kier alpha value is -2.58. The van der Waals surface area contributed by atoms with Gasteiger partial charge in [0.2, 0.25) is 5.78 Å². The maximum Gasteiger partial charge on any atom is 0.298 e. The Kier molecular flexibility index (Phi) is 4.31. The number of phenolic OH excluding ortho intramolecular Hbond substituents is 2. The van der Waals surface area contributed by atoms with E-state index in [4.69, 9.17) is 4.74 Å². The van der Waals surface area contributed by atoms with Crippen LogP contribution in [0.25, 0.3) is 0 Å². The molecule has 23 heavy (non-hydrogen) atoms. The fraction of sp³-hybridized carbons (Fsp3) is 0.133. The Labute approximate surface area is 132 Å². The van der Waals surface area contributed by atoms with Gasteiger partial charge in [-0.2, -0.15) is 8.42 Å². The summed E-state index contributed by atoms with van der Waals surface area (Å²) in [6.45, 7) is 1.72. The first kappa shape index (κ1) is 16.8. The molecule has 3 N–H and O–H groups in total. The van der Waals surface area contributed by atoms with Crippen LogP contribution in [-0.4, -0.2) is 36.1 Å². The van der Waals surface area contributed by atoms with Crippen LogP contribution < -0.4 is 4.74 Å². The number of rotatable bonds is 4. The van der Waals surface area contributed by atoms with Gasteiger partial charge in [0, 0.05) is 6.07 Å². The lowest BCUT2D eigenvalue weighted by molar-refractivity contribution is 0.103. The third-order valence-corrected chi connectivity index (χ3v) is 4.08. The number of methoxy groups -OCH3 is 1. The van der Waals surface area contributed by atoms with Crippen molar-refractivity contribution in [1.29, 1.82) is 0 Å². The van der Waals surface area contributed by atoms with Crippen molar-refractivity contribution < 1.29 is 32.7 Å². The highest BCUT2D eigenvalue weighted by Crippen LogP contribution is 2.34. The van der Waals surface area contributed by atoms with Crippen LogP contribution >= 0.6 is 0 Å². The van der Waals surface area contributed by atoms with Gasteiger partial charge < -0.3 is 14.9 Å². The van der Waals surface area contributed by atoms with Crippen LogP contribution in [0, 0.1) is 6.92 Å². The zero-order chi connectivity index (χ0) is 17.4. The summed E-state index contributed by atoms with van der Waals surface area (Å²) in [5, 5.41) is 19.8. The van der Waals surface area contributed by atoms with Crippen LogP contribution in [0.3, 0.4) is 0 Å². The van der Waals surface area contributed by atoms with Gasteiger partial charge in [0.15, 0.2) is 0 Å². The highest BCUT2D eigenvalue weighted by molar-refractivity contribution is 7.86. The van der Waals surface area contributed by atoms with Crippen molar-refractivity contribution in [2.24, 2.45) is 0 Å². The molecule has 0 aliphatic rings. The number of hydrogen-bond acceptors (Lipinski definition) is 6. The minimum absolute atomic E-state index is 0.114. The zero-order valence-electron chi connectivity index (χ0n) is 12.3. The molecule has 7 nitrogen and oxygen atoms in total. The Bertz CT molecular complexity index is 885. The quantitative estimate of drug-likeness (QED) is 0.575. The highest BCUT2D eigenvalue weighted by atomic mass is 32.2. The van der Waals surface area contributed by atoms with Crippen molar-refractivity contribution in [3.05, 3.63) is 47.0 Å². The first-order valence-electron chi connectivity index (χ1n) is 6.38. The molecule has 2 rings (SSSR count). The lowest BCUT2D eigenvalue weighted by Gasteiger charge is -2.11. The van der Waals surface area contributed by atoms with E-state index in [0.29, 0.717) is 0 Å². The van der Waals surface area contributed by atoms with Crippen LogP contribution in [-0.2, 0) is 10.1 Å². The number of ether oxygens (including phenoxy) is 1. The molecule has 0 aromatic heterocycles. The average Bonchev–Trinajstić information content (AvgIpc) is 2.45. The van der Waals surface area contributed by atoms with Gasteiger partial charge >= 0.3 is 0 Å². The second-order valence-corrected chi connectivity index (χ2v) is 6.23. The summed E-state index contributed by atoms with van der Waals surface area (Å²) in [4.78, 5) is 11.8. The second-order valence-electron chi connectivity index (χ2n) is 4.85. The molecule has 8 heteroatoms. The van der Waals surface area contributed by atoms with E-state index in [-0.39, 0.29) is 17.1 Å². The topological polar surface area (TPSA) is 121 Å². The molecule has 0 saturated heterocycles. The van der Waals surface area contributed by atoms with Gasteiger partial charge in [-0.15, -0.1) is 0 Å². The first-order chi connectivity index (χ1) is 10.6. The minimum atomic E-state index is -4.67. The molecule has 2 aromatic carbocycles. The standard InChI is InChI=1S/C15H14O7S/c1-8-3-4-9(11(16)5-8)15(18)10-6-14(23(19,20)21)13(22-2)7-12(10)17/h3-7,16-17H,1-2H3,(H,19,20,21). The molecule has 0 atom stereocenters. The summed E-state index contributed by atoms with van der Waals surface area (Å²) in [6, 6.07) is 5.99. The van der Waals surface area contributed by atoms with Crippen molar-refractivity contribution in [2.75, 3.05) is 7.11 Å². The molecule has 0 radical (unpaired) electrons. The number of carbonyl (C=O) groups is 1. The Morgan fingerprint density at radius 1 is 1.04 bits per heavy atom. The predicted molar refractivity (Wildman–Crippen MR) is 80.7 cm³/mol. The molecule has 122 valence electrons. The maximum absolute atomic E-state index is 12.4. The number of phenols is 2. The summed E-state index contributed by atoms with van der Waals surface area (Å²) in [5.74, 6) is -1.96. The highest BCUT2D eigenvalue weighted by Gasteiger charge is 2.24. The van der Waals surface area contributed by atoms with E-state index in [1.807, 2.05) is 0 Å². The third kappa shape index (κ3) is 3.27. The van der Waals surface area contributed by atoms with Gasteiger partial charge in [0.05, 0.1) is 18.2 Å². The molecule has 0 bridgehead atoms. The lowest BCUT2D eigenvalue weighted by Crippen LogP contribution is -2.07. The minimum Gasteiger partial charge on any atom is -0.507 e. The van der Waals surface area contributed by atoms with E-state index in [2.05, 4.69) is 0 Å². The lowest BCUT2D eigenvalue weighted by atomic mass is 10.00. The van der Waals surface area contributed by atoms with Gasteiger partial charge in [0.25, 0.3) is 10.1 Å². The summed E-state index contributed by atoms with van der Waals surface area (Å²) in [6.07, 6.45) is 0. The fourth-order valence-electron chi connectivity index (χ4n) is 2.07. The summed E-state index contributed by atoms with van der Waals surface area (Å²) >= 11 is 0. The molecule has 2 aromatic rings. The Balaban J connectivity index is 2.66. The number of carbonyl (C=O) groups excluding carboxylic acids is 1. The van der Waals surface area contributed by atoms with Gasteiger partial charge in [-0.25, -0.2) is 0 Å². The van der Waals surface area contributed by atoms with Crippen LogP contribution in [0.15, 0.2) is 35.2 Å². The Morgan fingerprint density at radius 2 is 1.65 bits per heavy atom. The molecule has 0 heterocycles. The normalized spacial score (nSPS) is 11.3. The van der Waals surface area contributed by atoms with Crippen LogP contribution in [0.1, 0.15) is 21.5 Å². The number of benzene rings is 2. The smallest absolute Gasteiger partial charge is 0.298 e. The van der Waals surface area contributed by atoms with E-state index < -0.39 is 32.1 Å². The van der Waals surface area contributed by atoms with E-state index in [0.717, 1.165) is 24.8 Å². The number of aryl methyl sites for hydroxylation is 1. The zero-order valence-corrected chi connectivity index (χ0v) is 13.1.